The molecule has 1 aromatic rings. The number of anilines is 1. The number of carbonyl (C=O) groups is 2. The minimum absolute atomic E-state index is 0.00152. The number of nitrogens with one attached hydrogen (secondary N) is 1. The second-order valence-corrected chi connectivity index (χ2v) is 13.6. The Balaban J connectivity index is 1.16. The number of esters is 1. The zero-order valence-corrected chi connectivity index (χ0v) is 25.0. The molecular formula is C32H44Cl2N2O3. The fourth-order valence-electron chi connectivity index (χ4n) is 8.74. The number of hydrogen-bond acceptors (Lipinski definition) is 4. The summed E-state index contributed by atoms with van der Waals surface area (Å²) < 4.78 is 5.97. The lowest BCUT2D eigenvalue weighted by atomic mass is 9.45. The number of halogens is 2. The second kappa shape index (κ2) is 12.0. The van der Waals surface area contributed by atoms with Gasteiger partial charge in [-0.1, -0.05) is 19.1 Å². The Labute approximate surface area is 244 Å². The van der Waals surface area contributed by atoms with E-state index in [1.165, 1.54) is 19.3 Å². The zero-order valence-electron chi connectivity index (χ0n) is 23.5. The number of hydrogen-bond donors (Lipinski definition) is 1. The first-order valence-corrected chi connectivity index (χ1v) is 16.0. The number of benzene rings is 1. The molecule has 0 aromatic heterocycles. The molecule has 7 heteroatoms. The number of alkyl halides is 2. The third kappa shape index (κ3) is 6.00. The number of piperidine rings is 1. The number of nitrogens with zero attached hydrogens (tertiary/aromatic N) is 1. The summed E-state index contributed by atoms with van der Waals surface area (Å²) in [7, 11) is 0. The fourth-order valence-corrected chi connectivity index (χ4v) is 9.15. The van der Waals surface area contributed by atoms with Crippen molar-refractivity contribution in [2.75, 3.05) is 29.7 Å². The second-order valence-electron chi connectivity index (χ2n) is 12.8. The molecule has 5 nitrogen and oxygen atoms in total. The summed E-state index contributed by atoms with van der Waals surface area (Å²) in [6, 6.07) is 8.09. The standard InChI is InChI=1S/C32H44Cl2N2O3/c1-31-15-13-25(39-30(38)12-5-22-3-7-24(8-4-22)36(19-17-33)20-18-34)21-23(31)6-9-26-27(31)14-16-32(2)28(26)10-11-29(37)35-32/h3-5,7-8,12,23,25-28H,6,9-11,13-21H2,1-2H3,(H,35,37)/b12-5+/t23-,25-,26?,27?,28?,31-,32-/m0/s1. The van der Waals surface area contributed by atoms with Gasteiger partial charge in [-0.2, -0.15) is 0 Å². The van der Waals surface area contributed by atoms with Crippen LogP contribution in [0.4, 0.5) is 5.69 Å². The Kier molecular flexibility index (Phi) is 8.88. The summed E-state index contributed by atoms with van der Waals surface area (Å²) in [5.41, 5.74) is 2.33. The summed E-state index contributed by atoms with van der Waals surface area (Å²) in [4.78, 5) is 27.0. The van der Waals surface area contributed by atoms with Gasteiger partial charge in [0.05, 0.1) is 0 Å². The highest BCUT2D eigenvalue weighted by atomic mass is 35.5. The molecule has 1 aliphatic heterocycles. The van der Waals surface area contributed by atoms with Crippen molar-refractivity contribution in [1.29, 1.82) is 0 Å². The summed E-state index contributed by atoms with van der Waals surface area (Å²) in [6.07, 6.45) is 12.9. The average Bonchev–Trinajstić information content (AvgIpc) is 2.91. The molecule has 1 saturated heterocycles. The van der Waals surface area contributed by atoms with Gasteiger partial charge in [-0.3, -0.25) is 4.79 Å². The minimum Gasteiger partial charge on any atom is -0.459 e. The van der Waals surface area contributed by atoms with Crippen LogP contribution in [-0.2, 0) is 14.3 Å². The maximum absolute atomic E-state index is 12.7. The normalized spacial score (nSPS) is 35.9. The van der Waals surface area contributed by atoms with E-state index in [1.54, 1.807) is 6.08 Å². The van der Waals surface area contributed by atoms with Gasteiger partial charge in [0.2, 0.25) is 5.91 Å². The van der Waals surface area contributed by atoms with Crippen molar-refractivity contribution in [2.24, 2.45) is 29.1 Å². The Bertz CT molecular complexity index is 1060. The molecule has 1 heterocycles. The van der Waals surface area contributed by atoms with Crippen LogP contribution in [0.1, 0.15) is 77.2 Å². The predicted molar refractivity (Wildman–Crippen MR) is 159 cm³/mol. The lowest BCUT2D eigenvalue weighted by molar-refractivity contribution is -0.158. The van der Waals surface area contributed by atoms with E-state index in [0.717, 1.165) is 56.4 Å². The van der Waals surface area contributed by atoms with E-state index in [-0.39, 0.29) is 23.5 Å². The van der Waals surface area contributed by atoms with E-state index in [9.17, 15) is 9.59 Å². The first kappa shape index (κ1) is 28.8. The third-order valence-corrected chi connectivity index (χ3v) is 11.1. The molecule has 1 N–H and O–H groups in total. The van der Waals surface area contributed by atoms with Gasteiger partial charge in [0.25, 0.3) is 0 Å². The molecule has 39 heavy (non-hydrogen) atoms. The molecular weight excluding hydrogens is 531 g/mol. The Hall–Kier alpha value is -1.72. The van der Waals surface area contributed by atoms with E-state index in [4.69, 9.17) is 27.9 Å². The summed E-state index contributed by atoms with van der Waals surface area (Å²) in [5.74, 6) is 3.71. The number of ether oxygens (including phenoxy) is 1. The maximum Gasteiger partial charge on any atom is 0.331 e. The van der Waals surface area contributed by atoms with Gasteiger partial charge < -0.3 is 15.0 Å². The molecule has 0 radical (unpaired) electrons. The van der Waals surface area contributed by atoms with Crippen LogP contribution in [0.5, 0.6) is 0 Å². The lowest BCUT2D eigenvalue weighted by Crippen LogP contribution is -2.63. The minimum atomic E-state index is -0.251. The summed E-state index contributed by atoms with van der Waals surface area (Å²) >= 11 is 11.9. The number of amides is 1. The van der Waals surface area contributed by atoms with Crippen LogP contribution in [0.25, 0.3) is 6.08 Å². The SMILES string of the molecule is C[C@]12CCC3C(CC[C@H]4C[C@@H](OC(=O)/C=C/c5ccc(N(CCCl)CCCl)cc5)CC[C@]34C)C1CCC(=O)N2. The highest BCUT2D eigenvalue weighted by Gasteiger charge is 2.58. The first-order valence-electron chi connectivity index (χ1n) is 14.9. The van der Waals surface area contributed by atoms with Gasteiger partial charge >= 0.3 is 5.97 Å². The van der Waals surface area contributed by atoms with Crippen molar-refractivity contribution in [2.45, 2.75) is 83.3 Å². The Morgan fingerprint density at radius 1 is 1.03 bits per heavy atom. The van der Waals surface area contributed by atoms with Crippen LogP contribution in [0.2, 0.25) is 0 Å². The highest BCUT2D eigenvalue weighted by molar-refractivity contribution is 6.18. The van der Waals surface area contributed by atoms with Crippen molar-refractivity contribution < 1.29 is 14.3 Å². The monoisotopic (exact) mass is 574 g/mol. The molecule has 3 unspecified atom stereocenters. The van der Waals surface area contributed by atoms with Crippen LogP contribution in [-0.4, -0.2) is 48.4 Å². The molecule has 7 atom stereocenters. The van der Waals surface area contributed by atoms with Gasteiger partial charge in [0.15, 0.2) is 0 Å². The van der Waals surface area contributed by atoms with Crippen molar-refractivity contribution in [3.63, 3.8) is 0 Å². The summed E-state index contributed by atoms with van der Waals surface area (Å²) in [5, 5.41) is 3.37. The average molecular weight is 576 g/mol. The Morgan fingerprint density at radius 3 is 2.49 bits per heavy atom. The molecule has 1 amide bonds. The molecule has 0 spiro atoms. The van der Waals surface area contributed by atoms with Crippen LogP contribution in [0.15, 0.2) is 30.3 Å². The highest BCUT2D eigenvalue weighted by Crippen LogP contribution is 2.62. The van der Waals surface area contributed by atoms with E-state index >= 15 is 0 Å². The molecule has 214 valence electrons. The molecule has 4 fully saturated rings. The fraction of sp³-hybridized carbons (Fsp3) is 0.688. The molecule has 5 rings (SSSR count). The molecule has 3 saturated carbocycles. The molecule has 3 aliphatic carbocycles. The van der Waals surface area contributed by atoms with E-state index in [2.05, 4.69) is 24.1 Å². The van der Waals surface area contributed by atoms with E-state index in [0.29, 0.717) is 47.3 Å². The van der Waals surface area contributed by atoms with E-state index < -0.39 is 0 Å². The zero-order chi connectivity index (χ0) is 27.6. The first-order chi connectivity index (χ1) is 18.8. The lowest BCUT2D eigenvalue weighted by Gasteiger charge is -2.62. The van der Waals surface area contributed by atoms with Crippen molar-refractivity contribution in [3.05, 3.63) is 35.9 Å². The molecule has 0 bridgehead atoms. The Morgan fingerprint density at radius 2 is 1.77 bits per heavy atom. The summed E-state index contributed by atoms with van der Waals surface area (Å²) in [6.45, 7) is 6.30. The van der Waals surface area contributed by atoms with Crippen LogP contribution in [0.3, 0.4) is 0 Å². The number of rotatable bonds is 8. The third-order valence-electron chi connectivity index (χ3n) is 10.8. The van der Waals surface area contributed by atoms with Crippen molar-refractivity contribution >= 4 is 46.8 Å². The van der Waals surface area contributed by atoms with Gasteiger partial charge in [0.1, 0.15) is 6.10 Å². The van der Waals surface area contributed by atoms with E-state index in [1.807, 2.05) is 30.3 Å². The molecule has 1 aromatic carbocycles. The van der Waals surface area contributed by atoms with Gasteiger partial charge in [-0.05, 0) is 111 Å². The van der Waals surface area contributed by atoms with Gasteiger partial charge in [-0.25, -0.2) is 4.79 Å². The van der Waals surface area contributed by atoms with Crippen molar-refractivity contribution in [3.8, 4) is 0 Å². The van der Waals surface area contributed by atoms with Crippen LogP contribution >= 0.6 is 23.2 Å². The quantitative estimate of drug-likeness (QED) is 0.210. The predicted octanol–water partition coefficient (Wildman–Crippen LogP) is 6.81. The largest absolute Gasteiger partial charge is 0.459 e. The van der Waals surface area contributed by atoms with Gasteiger partial charge in [0, 0.05) is 48.6 Å². The topological polar surface area (TPSA) is 58.6 Å². The molecule has 4 aliphatic rings. The van der Waals surface area contributed by atoms with Crippen LogP contribution < -0.4 is 10.2 Å². The number of carbonyl (C=O) groups excluding carboxylic acids is 2. The number of fused-ring (bicyclic) bond motifs is 5. The smallest absolute Gasteiger partial charge is 0.331 e. The van der Waals surface area contributed by atoms with Crippen LogP contribution in [0, 0.1) is 29.1 Å². The maximum atomic E-state index is 12.7. The van der Waals surface area contributed by atoms with Crippen molar-refractivity contribution in [1.82, 2.24) is 5.32 Å². The van der Waals surface area contributed by atoms with Gasteiger partial charge in [-0.15, -0.1) is 23.2 Å².